The van der Waals surface area contributed by atoms with Crippen LogP contribution in [-0.2, 0) is 0 Å². The van der Waals surface area contributed by atoms with Crippen LogP contribution >= 0.6 is 11.3 Å². The lowest BCUT2D eigenvalue weighted by molar-refractivity contribution is 0.0934. The second kappa shape index (κ2) is 6.23. The van der Waals surface area contributed by atoms with Gasteiger partial charge in [-0.25, -0.2) is 0 Å². The number of carbonyl (C=O) groups is 1. The third-order valence-corrected chi connectivity index (χ3v) is 4.69. The third-order valence-electron chi connectivity index (χ3n) is 3.62. The Morgan fingerprint density at radius 1 is 1.28 bits per heavy atom. The van der Waals surface area contributed by atoms with Crippen LogP contribution in [0.5, 0.6) is 0 Å². The molecule has 18 heavy (non-hydrogen) atoms. The Kier molecular flexibility index (Phi) is 4.64. The molecule has 0 aromatic carbocycles. The lowest BCUT2D eigenvalue weighted by atomic mass is 9.97. The fraction of sp³-hybridized carbons (Fsp3) is 0.643. The summed E-state index contributed by atoms with van der Waals surface area (Å²) in [5, 5.41) is 3.16. The van der Waals surface area contributed by atoms with Crippen molar-refractivity contribution in [2.24, 2.45) is 0 Å². The number of hydrogen-bond acceptors (Lipinski definition) is 3. The van der Waals surface area contributed by atoms with E-state index in [2.05, 4.69) is 5.32 Å². The molecule has 1 aliphatic carbocycles. The number of nitrogen functional groups attached to an aromatic ring is 1. The predicted molar refractivity (Wildman–Crippen MR) is 77.0 cm³/mol. The molecule has 0 atom stereocenters. The van der Waals surface area contributed by atoms with Crippen LogP contribution in [0, 0.1) is 6.92 Å². The van der Waals surface area contributed by atoms with Crippen molar-refractivity contribution in [2.75, 3.05) is 5.73 Å². The fourth-order valence-corrected chi connectivity index (χ4v) is 3.31. The van der Waals surface area contributed by atoms with Crippen LogP contribution in [0.1, 0.15) is 59.5 Å². The highest BCUT2D eigenvalue weighted by molar-refractivity contribution is 7.14. The molecule has 0 spiro atoms. The molecule has 1 saturated carbocycles. The van der Waals surface area contributed by atoms with Crippen molar-refractivity contribution in [3.05, 3.63) is 15.8 Å². The lowest BCUT2D eigenvalue weighted by Crippen LogP contribution is -2.34. The number of thiophene rings is 1. The first-order valence-corrected chi connectivity index (χ1v) is 7.65. The highest BCUT2D eigenvalue weighted by Crippen LogP contribution is 2.24. The Balaban J connectivity index is 1.93. The Bertz CT molecular complexity index is 386. The minimum atomic E-state index is 0.0466. The molecule has 0 saturated heterocycles. The largest absolute Gasteiger partial charge is 0.398 e. The number of rotatable bonds is 2. The van der Waals surface area contributed by atoms with Crippen molar-refractivity contribution in [3.8, 4) is 0 Å². The first-order valence-electron chi connectivity index (χ1n) is 6.83. The number of nitrogens with two attached hydrogens (primary N) is 1. The van der Waals surface area contributed by atoms with E-state index in [-0.39, 0.29) is 5.91 Å². The van der Waals surface area contributed by atoms with E-state index in [0.717, 1.165) is 28.3 Å². The van der Waals surface area contributed by atoms with Gasteiger partial charge in [0, 0.05) is 16.6 Å². The highest BCUT2D eigenvalue weighted by atomic mass is 32.1. The zero-order chi connectivity index (χ0) is 13.0. The first-order chi connectivity index (χ1) is 8.66. The molecule has 3 nitrogen and oxygen atoms in total. The van der Waals surface area contributed by atoms with Gasteiger partial charge in [-0.05, 0) is 25.8 Å². The topological polar surface area (TPSA) is 55.1 Å². The van der Waals surface area contributed by atoms with Crippen molar-refractivity contribution in [3.63, 3.8) is 0 Å². The summed E-state index contributed by atoms with van der Waals surface area (Å²) >= 11 is 1.48. The zero-order valence-electron chi connectivity index (χ0n) is 11.0. The summed E-state index contributed by atoms with van der Waals surface area (Å²) in [4.78, 5) is 13.9. The minimum absolute atomic E-state index is 0.0466. The van der Waals surface area contributed by atoms with Gasteiger partial charge in [0.1, 0.15) is 0 Å². The number of carbonyl (C=O) groups excluding carboxylic acids is 1. The van der Waals surface area contributed by atoms with Crippen LogP contribution in [-0.4, -0.2) is 11.9 Å². The molecule has 0 unspecified atom stereocenters. The van der Waals surface area contributed by atoms with Gasteiger partial charge in [0.25, 0.3) is 5.91 Å². The van der Waals surface area contributed by atoms with Crippen LogP contribution in [0.25, 0.3) is 0 Å². The van der Waals surface area contributed by atoms with E-state index in [1.54, 1.807) is 6.07 Å². The Labute approximate surface area is 113 Å². The average molecular weight is 266 g/mol. The van der Waals surface area contributed by atoms with E-state index in [4.69, 9.17) is 5.73 Å². The fourth-order valence-electron chi connectivity index (χ4n) is 2.47. The van der Waals surface area contributed by atoms with Gasteiger partial charge in [0.2, 0.25) is 0 Å². The minimum Gasteiger partial charge on any atom is -0.398 e. The van der Waals surface area contributed by atoms with Crippen LogP contribution in [0.3, 0.4) is 0 Å². The summed E-state index contributed by atoms with van der Waals surface area (Å²) in [6.45, 7) is 1.95. The van der Waals surface area contributed by atoms with E-state index < -0.39 is 0 Å². The molecule has 0 bridgehead atoms. The van der Waals surface area contributed by atoms with Gasteiger partial charge in [-0.1, -0.05) is 32.1 Å². The van der Waals surface area contributed by atoms with Gasteiger partial charge in [-0.15, -0.1) is 11.3 Å². The molecule has 0 aliphatic heterocycles. The van der Waals surface area contributed by atoms with Gasteiger partial charge >= 0.3 is 0 Å². The predicted octanol–water partition coefficient (Wildman–Crippen LogP) is 3.48. The van der Waals surface area contributed by atoms with Crippen molar-refractivity contribution >= 4 is 22.9 Å². The second-order valence-electron chi connectivity index (χ2n) is 5.14. The van der Waals surface area contributed by atoms with Gasteiger partial charge < -0.3 is 11.1 Å². The van der Waals surface area contributed by atoms with E-state index >= 15 is 0 Å². The van der Waals surface area contributed by atoms with E-state index in [9.17, 15) is 4.79 Å². The van der Waals surface area contributed by atoms with Crippen LogP contribution in [0.2, 0.25) is 0 Å². The molecule has 3 N–H and O–H groups in total. The number of anilines is 1. The maximum atomic E-state index is 12.1. The van der Waals surface area contributed by atoms with E-state index in [0.29, 0.717) is 6.04 Å². The van der Waals surface area contributed by atoms with Crippen molar-refractivity contribution in [1.29, 1.82) is 0 Å². The zero-order valence-corrected chi connectivity index (χ0v) is 11.8. The number of hydrogen-bond donors (Lipinski definition) is 2. The van der Waals surface area contributed by atoms with Gasteiger partial charge in [-0.3, -0.25) is 4.79 Å². The molecule has 1 aromatic heterocycles. The van der Waals surface area contributed by atoms with Crippen LogP contribution in [0.4, 0.5) is 5.69 Å². The monoisotopic (exact) mass is 266 g/mol. The lowest BCUT2D eigenvalue weighted by Gasteiger charge is -2.20. The summed E-state index contributed by atoms with van der Waals surface area (Å²) in [7, 11) is 0. The maximum Gasteiger partial charge on any atom is 0.261 e. The number of aryl methyl sites for hydroxylation is 1. The summed E-state index contributed by atoms with van der Waals surface area (Å²) in [5.41, 5.74) is 6.51. The SMILES string of the molecule is Cc1sc(C(=O)NC2CCCCCCC2)cc1N. The van der Waals surface area contributed by atoms with E-state index in [1.807, 2.05) is 6.92 Å². The molecule has 1 aromatic rings. The number of nitrogens with one attached hydrogen (secondary N) is 1. The highest BCUT2D eigenvalue weighted by Gasteiger charge is 2.17. The smallest absolute Gasteiger partial charge is 0.261 e. The third kappa shape index (κ3) is 3.48. The van der Waals surface area contributed by atoms with Crippen LogP contribution < -0.4 is 11.1 Å². The molecule has 1 amide bonds. The Morgan fingerprint density at radius 3 is 2.44 bits per heavy atom. The average Bonchev–Trinajstić information content (AvgIpc) is 2.63. The summed E-state index contributed by atoms with van der Waals surface area (Å²) in [6.07, 6.45) is 8.65. The quantitative estimate of drug-likeness (QED) is 0.861. The van der Waals surface area contributed by atoms with Gasteiger partial charge in [0.15, 0.2) is 0 Å². The molecular weight excluding hydrogens is 244 g/mol. The second-order valence-corrected chi connectivity index (χ2v) is 6.39. The van der Waals surface area contributed by atoms with E-state index in [1.165, 1.54) is 43.4 Å². The number of amides is 1. The van der Waals surface area contributed by atoms with Crippen molar-refractivity contribution in [1.82, 2.24) is 5.32 Å². The summed E-state index contributed by atoms with van der Waals surface area (Å²) in [5.74, 6) is 0.0466. The molecule has 0 radical (unpaired) electrons. The summed E-state index contributed by atoms with van der Waals surface area (Å²) < 4.78 is 0. The van der Waals surface area contributed by atoms with Crippen LogP contribution in [0.15, 0.2) is 6.07 Å². The molecule has 1 fully saturated rings. The standard InChI is InChI=1S/C14H22N2OS/c1-10-12(15)9-13(18-10)14(17)16-11-7-5-3-2-4-6-8-11/h9,11H,2-8,15H2,1H3,(H,16,17). The maximum absolute atomic E-state index is 12.1. The van der Waals surface area contributed by atoms with Gasteiger partial charge in [0.05, 0.1) is 4.88 Å². The first kappa shape index (κ1) is 13.4. The normalized spacial score (nSPS) is 18.1. The molecule has 2 rings (SSSR count). The summed E-state index contributed by atoms with van der Waals surface area (Å²) in [6, 6.07) is 2.14. The van der Waals surface area contributed by atoms with Crippen molar-refractivity contribution in [2.45, 2.75) is 57.9 Å². The Morgan fingerprint density at radius 2 is 1.89 bits per heavy atom. The van der Waals surface area contributed by atoms with Gasteiger partial charge in [-0.2, -0.15) is 0 Å². The molecular formula is C14H22N2OS. The molecule has 100 valence electrons. The van der Waals surface area contributed by atoms with Crippen molar-refractivity contribution < 1.29 is 4.79 Å². The molecule has 1 heterocycles. The molecule has 1 aliphatic rings. The Hall–Kier alpha value is -1.03. The molecule has 4 heteroatoms.